The molecule has 0 amide bonds. The van der Waals surface area contributed by atoms with Gasteiger partial charge in [-0.1, -0.05) is 41.5 Å². The van der Waals surface area contributed by atoms with E-state index >= 15 is 0 Å². The van der Waals surface area contributed by atoms with Crippen molar-refractivity contribution in [3.63, 3.8) is 0 Å². The van der Waals surface area contributed by atoms with Crippen LogP contribution in [0.25, 0.3) is 11.3 Å². The Morgan fingerprint density at radius 2 is 1.79 bits per heavy atom. The molecule has 29 heavy (non-hydrogen) atoms. The first-order chi connectivity index (χ1) is 13.4. The number of benzene rings is 1. The molecule has 0 radical (unpaired) electrons. The van der Waals surface area contributed by atoms with Gasteiger partial charge in [0.1, 0.15) is 12.4 Å². The number of carbonyl (C=O) groups excluding carboxylic acids is 1. The summed E-state index contributed by atoms with van der Waals surface area (Å²) in [4.78, 5) is 11.3. The lowest BCUT2D eigenvalue weighted by Gasteiger charge is -2.30. The van der Waals surface area contributed by atoms with Crippen LogP contribution >= 0.6 is 0 Å². The first-order valence-corrected chi connectivity index (χ1v) is 10.1. The van der Waals surface area contributed by atoms with Crippen LogP contribution in [-0.4, -0.2) is 34.3 Å². The van der Waals surface area contributed by atoms with Crippen LogP contribution in [-0.2, 0) is 26.8 Å². The molecule has 0 atom stereocenters. The maximum absolute atomic E-state index is 11.3. The highest BCUT2D eigenvalue weighted by atomic mass is 16.7. The summed E-state index contributed by atoms with van der Waals surface area (Å²) < 4.78 is 11.5. The van der Waals surface area contributed by atoms with Crippen LogP contribution in [0.2, 0.25) is 0 Å². The molecule has 1 aromatic heterocycles. The summed E-state index contributed by atoms with van der Waals surface area (Å²) in [5.74, 6) is 0.369. The van der Waals surface area contributed by atoms with Crippen LogP contribution in [0.4, 0.5) is 4.79 Å². The zero-order chi connectivity index (χ0) is 22.0. The Hall–Kier alpha value is -2.50. The SMILES string of the molecule is CCOC(=O)OCCn1ccc(-c2cc(C(C)(C)C)c(O)c(C(C)(C)C)c2C)n1. The lowest BCUT2D eigenvalue weighted by molar-refractivity contribution is 0.0560. The van der Waals surface area contributed by atoms with E-state index in [4.69, 9.17) is 9.47 Å². The summed E-state index contributed by atoms with van der Waals surface area (Å²) in [5, 5.41) is 15.7. The van der Waals surface area contributed by atoms with Crippen molar-refractivity contribution in [1.29, 1.82) is 0 Å². The highest BCUT2D eigenvalue weighted by molar-refractivity contribution is 5.71. The molecule has 6 nitrogen and oxygen atoms in total. The topological polar surface area (TPSA) is 73.6 Å². The largest absolute Gasteiger partial charge is 0.508 e. The third-order valence-corrected chi connectivity index (χ3v) is 4.84. The minimum Gasteiger partial charge on any atom is -0.507 e. The Balaban J connectivity index is 2.40. The Morgan fingerprint density at radius 1 is 1.14 bits per heavy atom. The van der Waals surface area contributed by atoms with Gasteiger partial charge in [-0.25, -0.2) is 4.79 Å². The number of phenols is 1. The third-order valence-electron chi connectivity index (χ3n) is 4.84. The molecule has 160 valence electrons. The van der Waals surface area contributed by atoms with Crippen LogP contribution in [0.1, 0.15) is 65.2 Å². The van der Waals surface area contributed by atoms with Crippen molar-refractivity contribution in [3.05, 3.63) is 35.0 Å². The molecule has 0 aliphatic carbocycles. The molecule has 2 rings (SSSR count). The van der Waals surface area contributed by atoms with Gasteiger partial charge in [0.25, 0.3) is 0 Å². The second-order valence-corrected chi connectivity index (χ2v) is 9.32. The van der Waals surface area contributed by atoms with Gasteiger partial charge in [0, 0.05) is 22.9 Å². The predicted octanol–water partition coefficient (Wildman–Crippen LogP) is 5.33. The monoisotopic (exact) mass is 402 g/mol. The minimum absolute atomic E-state index is 0.189. The number of phenolic OH excluding ortho intramolecular Hbond substituents is 1. The average Bonchev–Trinajstić information content (AvgIpc) is 3.01. The quantitative estimate of drug-likeness (QED) is 0.684. The smallest absolute Gasteiger partial charge is 0.507 e. The van der Waals surface area contributed by atoms with Gasteiger partial charge in [-0.3, -0.25) is 4.68 Å². The lowest BCUT2D eigenvalue weighted by atomic mass is 9.75. The second-order valence-electron chi connectivity index (χ2n) is 9.32. The van der Waals surface area contributed by atoms with Gasteiger partial charge in [0.2, 0.25) is 0 Å². The van der Waals surface area contributed by atoms with Crippen molar-refractivity contribution in [2.45, 2.75) is 72.8 Å². The fraction of sp³-hybridized carbons (Fsp3) is 0.565. The molecule has 0 fully saturated rings. The number of ether oxygens (including phenoxy) is 2. The van der Waals surface area contributed by atoms with E-state index in [-0.39, 0.29) is 24.0 Å². The molecule has 2 aromatic rings. The van der Waals surface area contributed by atoms with E-state index in [1.54, 1.807) is 11.6 Å². The zero-order valence-electron chi connectivity index (χ0n) is 18.9. The molecule has 0 bridgehead atoms. The Kier molecular flexibility index (Phi) is 6.66. The molecule has 1 aromatic carbocycles. The van der Waals surface area contributed by atoms with E-state index in [2.05, 4.69) is 46.6 Å². The molecule has 0 spiro atoms. The molecule has 0 aliphatic heterocycles. The number of carbonyl (C=O) groups is 1. The van der Waals surface area contributed by atoms with Gasteiger partial charge in [-0.05, 0) is 42.4 Å². The summed E-state index contributed by atoms with van der Waals surface area (Å²) >= 11 is 0. The average molecular weight is 403 g/mol. The Bertz CT molecular complexity index is 870. The van der Waals surface area contributed by atoms with E-state index in [1.807, 2.05) is 25.3 Å². The molecular formula is C23H34N2O4. The van der Waals surface area contributed by atoms with E-state index < -0.39 is 6.16 Å². The number of aromatic nitrogens is 2. The summed E-state index contributed by atoms with van der Waals surface area (Å²) in [6.45, 7) is 17.3. The third kappa shape index (κ3) is 5.31. The normalized spacial score (nSPS) is 12.1. The molecule has 6 heteroatoms. The number of rotatable bonds is 5. The van der Waals surface area contributed by atoms with Gasteiger partial charge in [-0.15, -0.1) is 0 Å². The summed E-state index contributed by atoms with van der Waals surface area (Å²) in [5.41, 5.74) is 4.29. The van der Waals surface area contributed by atoms with Crippen molar-refractivity contribution in [1.82, 2.24) is 9.78 Å². The van der Waals surface area contributed by atoms with Gasteiger partial charge < -0.3 is 14.6 Å². The Labute approximate surface area is 173 Å². The standard InChI is InChI=1S/C23H34N2O4/c1-9-28-21(27)29-13-12-25-11-10-18(24-25)16-14-17(22(3,4)5)20(26)19(15(16)2)23(6,7)8/h10-11,14,26H,9,12-13H2,1-8H3. The van der Waals surface area contributed by atoms with Gasteiger partial charge in [-0.2, -0.15) is 5.10 Å². The summed E-state index contributed by atoms with van der Waals surface area (Å²) in [6, 6.07) is 3.99. The van der Waals surface area contributed by atoms with Crippen LogP contribution in [0.5, 0.6) is 5.75 Å². The maximum atomic E-state index is 11.3. The summed E-state index contributed by atoms with van der Waals surface area (Å²) in [6.07, 6.45) is 1.20. The van der Waals surface area contributed by atoms with Crippen molar-refractivity contribution >= 4 is 6.16 Å². The van der Waals surface area contributed by atoms with Gasteiger partial charge >= 0.3 is 6.16 Å². The van der Waals surface area contributed by atoms with Crippen molar-refractivity contribution in [2.75, 3.05) is 13.2 Å². The predicted molar refractivity (Wildman–Crippen MR) is 114 cm³/mol. The molecule has 0 saturated heterocycles. The first kappa shape index (κ1) is 22.8. The molecule has 0 unspecified atom stereocenters. The van der Waals surface area contributed by atoms with Crippen LogP contribution in [0.15, 0.2) is 18.3 Å². The van der Waals surface area contributed by atoms with Crippen molar-refractivity contribution in [2.24, 2.45) is 0 Å². The maximum Gasteiger partial charge on any atom is 0.508 e. The first-order valence-electron chi connectivity index (χ1n) is 10.1. The number of aromatic hydroxyl groups is 1. The molecular weight excluding hydrogens is 368 g/mol. The minimum atomic E-state index is -0.668. The summed E-state index contributed by atoms with van der Waals surface area (Å²) in [7, 11) is 0. The van der Waals surface area contributed by atoms with Crippen molar-refractivity contribution < 1.29 is 19.4 Å². The van der Waals surface area contributed by atoms with E-state index in [0.29, 0.717) is 12.3 Å². The van der Waals surface area contributed by atoms with Crippen LogP contribution < -0.4 is 0 Å². The fourth-order valence-corrected chi connectivity index (χ4v) is 3.54. The molecule has 1 N–H and O–H groups in total. The Morgan fingerprint density at radius 3 is 2.34 bits per heavy atom. The highest BCUT2D eigenvalue weighted by Gasteiger charge is 2.29. The fourth-order valence-electron chi connectivity index (χ4n) is 3.54. The van der Waals surface area contributed by atoms with Crippen molar-refractivity contribution in [3.8, 4) is 17.0 Å². The number of hydrogen-bond donors (Lipinski definition) is 1. The van der Waals surface area contributed by atoms with E-state index in [9.17, 15) is 9.90 Å². The van der Waals surface area contributed by atoms with E-state index in [1.165, 1.54) is 0 Å². The van der Waals surface area contributed by atoms with Crippen LogP contribution in [0, 0.1) is 6.92 Å². The van der Waals surface area contributed by atoms with Crippen LogP contribution in [0.3, 0.4) is 0 Å². The van der Waals surface area contributed by atoms with Gasteiger partial charge in [0.15, 0.2) is 0 Å². The van der Waals surface area contributed by atoms with E-state index in [0.717, 1.165) is 27.9 Å². The van der Waals surface area contributed by atoms with Gasteiger partial charge in [0.05, 0.1) is 18.8 Å². The lowest BCUT2D eigenvalue weighted by Crippen LogP contribution is -2.19. The number of nitrogens with zero attached hydrogens (tertiary/aromatic N) is 2. The molecule has 0 saturated carbocycles. The molecule has 1 heterocycles. The number of hydrogen-bond acceptors (Lipinski definition) is 5. The molecule has 0 aliphatic rings. The second kappa shape index (κ2) is 8.47. The zero-order valence-corrected chi connectivity index (χ0v) is 18.9. The highest BCUT2D eigenvalue weighted by Crippen LogP contribution is 2.44.